The molecule has 1 N–H and O–H groups in total. The van der Waals surface area contributed by atoms with Gasteiger partial charge in [-0.3, -0.25) is 15.1 Å². The van der Waals surface area contributed by atoms with Gasteiger partial charge >= 0.3 is 0 Å². The van der Waals surface area contributed by atoms with Gasteiger partial charge in [-0.15, -0.1) is 11.3 Å². The molecule has 0 unspecified atom stereocenters. The van der Waals surface area contributed by atoms with Crippen molar-refractivity contribution in [3.05, 3.63) is 82.2 Å². The highest BCUT2D eigenvalue weighted by Crippen LogP contribution is 2.33. The molecule has 2 aromatic heterocycles. The van der Waals surface area contributed by atoms with Crippen molar-refractivity contribution in [1.29, 1.82) is 0 Å². The van der Waals surface area contributed by atoms with E-state index in [-0.39, 0.29) is 10.6 Å². The minimum atomic E-state index is -0.374. The number of imidazole rings is 1. The first kappa shape index (κ1) is 22.1. The molecule has 0 spiro atoms. The van der Waals surface area contributed by atoms with Crippen LogP contribution in [0.1, 0.15) is 11.4 Å². The molecule has 0 bridgehead atoms. The molecule has 0 amide bonds. The minimum absolute atomic E-state index is 0.0537. The highest BCUT2D eigenvalue weighted by Gasteiger charge is 2.15. The lowest BCUT2D eigenvalue weighted by Crippen LogP contribution is -2.11. The number of nitrogens with one attached hydrogen (secondary N) is 1. The number of aromatic nitrogens is 3. The van der Waals surface area contributed by atoms with Gasteiger partial charge in [0.25, 0.3) is 5.69 Å². The van der Waals surface area contributed by atoms with Gasteiger partial charge in [-0.05, 0) is 42.0 Å². The summed E-state index contributed by atoms with van der Waals surface area (Å²) in [5.41, 5.74) is 4.96. The number of fused-ring (bicyclic) bond motifs is 2. The average Bonchev–Trinajstić information content (AvgIpc) is 3.44. The molecule has 10 heteroatoms. The molecule has 0 aliphatic heterocycles. The second-order valence-electron chi connectivity index (χ2n) is 7.78. The van der Waals surface area contributed by atoms with Crippen LogP contribution in [-0.2, 0) is 5.75 Å². The van der Waals surface area contributed by atoms with Crippen LogP contribution in [0.3, 0.4) is 0 Å². The molecule has 3 aromatic carbocycles. The zero-order valence-corrected chi connectivity index (χ0v) is 20.1. The molecule has 5 rings (SSSR count). The van der Waals surface area contributed by atoms with Crippen LogP contribution in [0.25, 0.3) is 21.3 Å². The van der Waals surface area contributed by atoms with E-state index in [2.05, 4.69) is 15.0 Å². The van der Waals surface area contributed by atoms with Crippen molar-refractivity contribution < 1.29 is 4.92 Å². The second-order valence-corrected chi connectivity index (χ2v) is 10.0. The molecule has 0 radical (unpaired) electrons. The summed E-state index contributed by atoms with van der Waals surface area (Å²) in [6.07, 6.45) is 1.64. The van der Waals surface area contributed by atoms with Gasteiger partial charge in [-0.2, -0.15) is 0 Å². The molecule has 0 fully saturated rings. The van der Waals surface area contributed by atoms with Crippen LogP contribution in [0.4, 0.5) is 17.1 Å². The van der Waals surface area contributed by atoms with E-state index in [0.29, 0.717) is 17.0 Å². The predicted octanol–water partition coefficient (Wildman–Crippen LogP) is 6.19. The molecular weight excluding hydrogens is 468 g/mol. The van der Waals surface area contributed by atoms with Gasteiger partial charge < -0.3 is 9.88 Å². The summed E-state index contributed by atoms with van der Waals surface area (Å²) in [5, 5.41) is 11.4. The number of hydrogen-bond acceptors (Lipinski definition) is 8. The van der Waals surface area contributed by atoms with Crippen LogP contribution in [0.2, 0.25) is 0 Å². The third-order valence-corrected chi connectivity index (χ3v) is 7.34. The summed E-state index contributed by atoms with van der Waals surface area (Å²) in [6.45, 7) is 0. The third-order valence-electron chi connectivity index (χ3n) is 5.16. The Morgan fingerprint density at radius 1 is 1.12 bits per heavy atom. The van der Waals surface area contributed by atoms with Crippen molar-refractivity contribution in [2.75, 3.05) is 19.0 Å². The summed E-state index contributed by atoms with van der Waals surface area (Å²) in [6, 6.07) is 18.9. The number of nitro groups is 1. The van der Waals surface area contributed by atoms with Crippen molar-refractivity contribution in [2.45, 2.75) is 10.1 Å². The number of aromatic amines is 1. The Balaban J connectivity index is 1.32. The molecule has 0 aliphatic rings. The highest BCUT2D eigenvalue weighted by atomic mass is 32.2. The first-order valence-electron chi connectivity index (χ1n) is 10.4. The van der Waals surface area contributed by atoms with E-state index in [1.165, 1.54) is 6.07 Å². The van der Waals surface area contributed by atoms with E-state index in [1.54, 1.807) is 54.4 Å². The van der Waals surface area contributed by atoms with Gasteiger partial charge in [0.15, 0.2) is 4.34 Å². The van der Waals surface area contributed by atoms with Crippen LogP contribution in [-0.4, -0.2) is 40.2 Å². The number of thiazole rings is 1. The zero-order valence-electron chi connectivity index (χ0n) is 18.4. The standard InChI is InChI=1S/C24H20N6O2S2/c1-29(2)20-10-7-15(11-21(20)30(31)32)13-25-16-8-9-19-22(12-16)34-24(28-19)33-14-23-26-17-5-3-4-6-18(17)27-23/h3-13H,14H2,1-2H3,(H,26,27). The van der Waals surface area contributed by atoms with Crippen molar-refractivity contribution in [3.8, 4) is 0 Å². The predicted molar refractivity (Wildman–Crippen MR) is 140 cm³/mol. The Labute approximate surface area is 203 Å². The molecule has 2 heterocycles. The summed E-state index contributed by atoms with van der Waals surface area (Å²) in [7, 11) is 3.56. The molecule has 34 heavy (non-hydrogen) atoms. The van der Waals surface area contributed by atoms with E-state index in [0.717, 1.165) is 37.1 Å². The maximum atomic E-state index is 11.4. The van der Waals surface area contributed by atoms with E-state index < -0.39 is 0 Å². The first-order chi connectivity index (χ1) is 16.5. The van der Waals surface area contributed by atoms with Gasteiger partial charge in [0.2, 0.25) is 0 Å². The molecule has 0 saturated heterocycles. The monoisotopic (exact) mass is 488 g/mol. The summed E-state index contributed by atoms with van der Waals surface area (Å²) < 4.78 is 2.00. The van der Waals surface area contributed by atoms with Crippen LogP contribution < -0.4 is 4.90 Å². The number of anilines is 1. The first-order valence-corrected chi connectivity index (χ1v) is 12.2. The van der Waals surface area contributed by atoms with E-state index >= 15 is 0 Å². The Morgan fingerprint density at radius 2 is 1.97 bits per heavy atom. The summed E-state index contributed by atoms with van der Waals surface area (Å²) in [4.78, 5) is 30.0. The molecule has 0 aliphatic carbocycles. The molecule has 0 atom stereocenters. The van der Waals surface area contributed by atoms with Gasteiger partial charge in [0, 0.05) is 26.4 Å². The Bertz CT molecular complexity index is 1510. The highest BCUT2D eigenvalue weighted by molar-refractivity contribution is 8.00. The van der Waals surface area contributed by atoms with Crippen LogP contribution in [0, 0.1) is 10.1 Å². The molecule has 5 aromatic rings. The fraction of sp³-hybridized carbons (Fsp3) is 0.125. The lowest BCUT2D eigenvalue weighted by Gasteiger charge is -2.12. The van der Waals surface area contributed by atoms with Crippen molar-refractivity contribution in [2.24, 2.45) is 4.99 Å². The van der Waals surface area contributed by atoms with Crippen LogP contribution in [0.5, 0.6) is 0 Å². The Hall–Kier alpha value is -3.76. The van der Waals surface area contributed by atoms with Gasteiger partial charge in [-0.25, -0.2) is 9.97 Å². The van der Waals surface area contributed by atoms with Crippen molar-refractivity contribution >= 4 is 67.6 Å². The van der Waals surface area contributed by atoms with E-state index in [4.69, 9.17) is 4.98 Å². The Kier molecular flexibility index (Phi) is 5.99. The second kappa shape index (κ2) is 9.24. The average molecular weight is 489 g/mol. The molecule has 0 saturated carbocycles. The quantitative estimate of drug-likeness (QED) is 0.127. The normalized spacial score (nSPS) is 11.6. The van der Waals surface area contributed by atoms with Crippen LogP contribution in [0.15, 0.2) is 70.0 Å². The number of para-hydroxylation sites is 2. The van der Waals surface area contributed by atoms with Crippen molar-refractivity contribution in [1.82, 2.24) is 15.0 Å². The SMILES string of the molecule is CN(C)c1ccc(C=Nc2ccc3nc(SCc4nc5ccccc5[nH]4)sc3c2)cc1[N+](=O)[O-]. The number of hydrogen-bond donors (Lipinski definition) is 1. The Morgan fingerprint density at radius 3 is 2.76 bits per heavy atom. The van der Waals surface area contributed by atoms with Gasteiger partial charge in [0.1, 0.15) is 11.5 Å². The lowest BCUT2D eigenvalue weighted by atomic mass is 10.1. The number of nitro benzene ring substituents is 1. The molecule has 170 valence electrons. The van der Waals surface area contributed by atoms with Crippen molar-refractivity contribution in [3.63, 3.8) is 0 Å². The largest absolute Gasteiger partial charge is 0.372 e. The summed E-state index contributed by atoms with van der Waals surface area (Å²) in [5.74, 6) is 1.63. The maximum Gasteiger partial charge on any atom is 0.293 e. The minimum Gasteiger partial charge on any atom is -0.372 e. The molecular formula is C24H20N6O2S2. The number of benzene rings is 3. The van der Waals surface area contributed by atoms with E-state index in [1.807, 2.05) is 48.5 Å². The number of nitrogens with zero attached hydrogens (tertiary/aromatic N) is 5. The lowest BCUT2D eigenvalue weighted by molar-refractivity contribution is -0.384. The topological polar surface area (TPSA) is 100 Å². The fourth-order valence-corrected chi connectivity index (χ4v) is 5.50. The number of rotatable bonds is 7. The number of H-pyrrole nitrogens is 1. The zero-order chi connectivity index (χ0) is 23.7. The fourth-order valence-electron chi connectivity index (χ4n) is 3.53. The number of thioether (sulfide) groups is 1. The van der Waals surface area contributed by atoms with Gasteiger partial charge in [-0.1, -0.05) is 30.0 Å². The smallest absolute Gasteiger partial charge is 0.293 e. The van der Waals surface area contributed by atoms with E-state index in [9.17, 15) is 10.1 Å². The van der Waals surface area contributed by atoms with Gasteiger partial charge in [0.05, 0.1) is 37.6 Å². The third kappa shape index (κ3) is 4.63. The van der Waals surface area contributed by atoms with Crippen LogP contribution >= 0.6 is 23.1 Å². The summed E-state index contributed by atoms with van der Waals surface area (Å²) >= 11 is 3.26. The maximum absolute atomic E-state index is 11.4. The number of aliphatic imine (C=N–C) groups is 1. The molecule has 8 nitrogen and oxygen atoms in total.